The smallest absolute Gasteiger partial charge is 0.303 e. The predicted molar refractivity (Wildman–Crippen MR) is 108 cm³/mol. The number of aromatic nitrogens is 2. The van der Waals surface area contributed by atoms with Crippen LogP contribution in [0.3, 0.4) is 0 Å². The van der Waals surface area contributed by atoms with E-state index in [0.29, 0.717) is 30.1 Å². The molecule has 0 saturated carbocycles. The van der Waals surface area contributed by atoms with Gasteiger partial charge < -0.3 is 10.4 Å². The van der Waals surface area contributed by atoms with Gasteiger partial charge >= 0.3 is 5.97 Å². The van der Waals surface area contributed by atoms with Gasteiger partial charge in [0.25, 0.3) is 0 Å². The van der Waals surface area contributed by atoms with Crippen molar-refractivity contribution >= 4 is 34.4 Å². The first-order chi connectivity index (χ1) is 13.9. The van der Waals surface area contributed by atoms with Gasteiger partial charge in [-0.3, -0.25) is 14.3 Å². The van der Waals surface area contributed by atoms with Gasteiger partial charge in [0.15, 0.2) is 0 Å². The molecule has 1 aromatic heterocycles. The van der Waals surface area contributed by atoms with E-state index in [1.165, 1.54) is 24.3 Å². The zero-order valence-corrected chi connectivity index (χ0v) is 16.4. The molecule has 3 aromatic rings. The first kappa shape index (κ1) is 20.8. The van der Waals surface area contributed by atoms with Crippen LogP contribution in [0.4, 0.5) is 4.39 Å². The van der Waals surface area contributed by atoms with E-state index in [9.17, 15) is 14.0 Å². The molecule has 0 aliphatic heterocycles. The Morgan fingerprint density at radius 3 is 2.66 bits per heavy atom. The van der Waals surface area contributed by atoms with Crippen LogP contribution in [-0.4, -0.2) is 33.3 Å². The number of fused-ring (bicyclic) bond motifs is 1. The van der Waals surface area contributed by atoms with Gasteiger partial charge in [-0.15, -0.1) is 0 Å². The Labute approximate surface area is 172 Å². The Bertz CT molecular complexity index is 1000. The quantitative estimate of drug-likeness (QED) is 0.516. The van der Waals surface area contributed by atoms with Crippen LogP contribution >= 0.6 is 11.6 Å². The summed E-state index contributed by atoms with van der Waals surface area (Å²) in [5.41, 5.74) is 1.56. The largest absolute Gasteiger partial charge is 0.481 e. The molecule has 0 saturated heterocycles. The van der Waals surface area contributed by atoms with Gasteiger partial charge in [-0.05, 0) is 42.3 Å². The van der Waals surface area contributed by atoms with Gasteiger partial charge in [0.05, 0.1) is 18.1 Å². The number of nitrogens with one attached hydrogen (secondary N) is 1. The van der Waals surface area contributed by atoms with Crippen molar-refractivity contribution in [1.29, 1.82) is 0 Å². The van der Waals surface area contributed by atoms with Crippen LogP contribution < -0.4 is 5.32 Å². The van der Waals surface area contributed by atoms with Crippen molar-refractivity contribution in [3.8, 4) is 0 Å². The number of hydrogen-bond donors (Lipinski definition) is 2. The molecule has 3 rings (SSSR count). The van der Waals surface area contributed by atoms with Crippen LogP contribution in [0.15, 0.2) is 48.7 Å². The summed E-state index contributed by atoms with van der Waals surface area (Å²) >= 11 is 6.03. The van der Waals surface area contributed by atoms with Gasteiger partial charge in [0.2, 0.25) is 5.91 Å². The maximum Gasteiger partial charge on any atom is 0.303 e. The molecule has 1 amide bonds. The number of hydrogen-bond acceptors (Lipinski definition) is 3. The van der Waals surface area contributed by atoms with Crippen LogP contribution in [0.5, 0.6) is 0 Å². The Morgan fingerprint density at radius 1 is 1.17 bits per heavy atom. The number of carboxylic acids is 1. The normalized spacial score (nSPS) is 12.1. The summed E-state index contributed by atoms with van der Waals surface area (Å²) in [6.07, 6.45) is 2.26. The third-order valence-corrected chi connectivity index (χ3v) is 4.90. The van der Waals surface area contributed by atoms with Gasteiger partial charge in [-0.2, -0.15) is 5.10 Å². The molecule has 29 heavy (non-hydrogen) atoms. The van der Waals surface area contributed by atoms with E-state index in [4.69, 9.17) is 16.7 Å². The highest BCUT2D eigenvalue weighted by atomic mass is 35.5. The zero-order chi connectivity index (χ0) is 20.8. The zero-order valence-electron chi connectivity index (χ0n) is 15.6. The lowest BCUT2D eigenvalue weighted by Gasteiger charge is -2.15. The Morgan fingerprint density at radius 2 is 1.93 bits per heavy atom. The van der Waals surface area contributed by atoms with E-state index in [-0.39, 0.29) is 18.7 Å². The minimum Gasteiger partial charge on any atom is -0.481 e. The molecule has 2 aromatic carbocycles. The summed E-state index contributed by atoms with van der Waals surface area (Å²) in [6.45, 7) is 1.05. The number of carbonyl (C=O) groups excluding carboxylic acids is 1. The van der Waals surface area contributed by atoms with E-state index in [2.05, 4.69) is 10.4 Å². The highest BCUT2D eigenvalue weighted by Crippen LogP contribution is 2.24. The molecule has 1 unspecified atom stereocenters. The molecular formula is C21H21ClFN3O3. The van der Waals surface area contributed by atoms with E-state index < -0.39 is 17.7 Å². The van der Waals surface area contributed by atoms with Gasteiger partial charge in [0, 0.05) is 35.8 Å². The maximum atomic E-state index is 13.1. The molecule has 6 nitrogen and oxygen atoms in total. The summed E-state index contributed by atoms with van der Waals surface area (Å²) in [4.78, 5) is 23.4. The molecule has 1 heterocycles. The average molecular weight is 418 g/mol. The predicted octanol–water partition coefficient (Wildman–Crippen LogP) is 3.98. The lowest BCUT2D eigenvalue weighted by molar-refractivity contribution is -0.137. The lowest BCUT2D eigenvalue weighted by Crippen LogP contribution is -2.27. The van der Waals surface area contributed by atoms with E-state index in [1.807, 2.05) is 22.9 Å². The molecule has 2 N–H and O–H groups in total. The van der Waals surface area contributed by atoms with Crippen molar-refractivity contribution in [3.63, 3.8) is 0 Å². The first-order valence-electron chi connectivity index (χ1n) is 9.27. The van der Waals surface area contributed by atoms with Crippen molar-refractivity contribution in [2.75, 3.05) is 6.54 Å². The van der Waals surface area contributed by atoms with Crippen LogP contribution in [-0.2, 0) is 16.1 Å². The second kappa shape index (κ2) is 9.52. The Kier molecular flexibility index (Phi) is 6.82. The third kappa shape index (κ3) is 5.77. The standard InChI is InChI=1S/C21H21ClFN3O3/c22-17-5-2-15-13-25-26(19(15)12-17)9-1-8-24-20(27)10-16(11-21(28)29)14-3-6-18(23)7-4-14/h2-7,12-13,16H,1,8-11H2,(H,24,27)(H,28,29). The van der Waals surface area contributed by atoms with Crippen molar-refractivity contribution in [3.05, 3.63) is 65.1 Å². The number of amides is 1. The molecule has 8 heteroatoms. The molecule has 152 valence electrons. The monoisotopic (exact) mass is 417 g/mol. The lowest BCUT2D eigenvalue weighted by atomic mass is 9.92. The minimum absolute atomic E-state index is 0.0260. The summed E-state index contributed by atoms with van der Waals surface area (Å²) in [5, 5.41) is 17.9. The third-order valence-electron chi connectivity index (χ3n) is 4.67. The van der Waals surface area contributed by atoms with E-state index in [1.54, 1.807) is 6.20 Å². The van der Waals surface area contributed by atoms with E-state index >= 15 is 0 Å². The highest BCUT2D eigenvalue weighted by molar-refractivity contribution is 6.31. The minimum atomic E-state index is -1.00. The topological polar surface area (TPSA) is 84.2 Å². The fourth-order valence-corrected chi connectivity index (χ4v) is 3.39. The van der Waals surface area contributed by atoms with Gasteiger partial charge in [-0.1, -0.05) is 23.7 Å². The molecule has 0 spiro atoms. The van der Waals surface area contributed by atoms with Gasteiger partial charge in [-0.25, -0.2) is 4.39 Å². The van der Waals surface area contributed by atoms with Crippen LogP contribution in [0.2, 0.25) is 5.02 Å². The molecule has 0 bridgehead atoms. The molecule has 0 radical (unpaired) electrons. The fraction of sp³-hybridized carbons (Fsp3) is 0.286. The maximum absolute atomic E-state index is 13.1. The van der Waals surface area contributed by atoms with Crippen LogP contribution in [0.25, 0.3) is 10.9 Å². The van der Waals surface area contributed by atoms with E-state index in [0.717, 1.165) is 10.9 Å². The summed E-state index contributed by atoms with van der Waals surface area (Å²) in [7, 11) is 0. The number of carboxylic acid groups (broad SMARTS) is 1. The number of rotatable bonds is 9. The fourth-order valence-electron chi connectivity index (χ4n) is 3.23. The second-order valence-corrected chi connectivity index (χ2v) is 7.26. The first-order valence-corrected chi connectivity index (χ1v) is 9.65. The summed E-state index contributed by atoms with van der Waals surface area (Å²) in [6, 6.07) is 11.1. The van der Waals surface area contributed by atoms with Crippen molar-refractivity contribution < 1.29 is 19.1 Å². The molecule has 0 aliphatic rings. The summed E-state index contributed by atoms with van der Waals surface area (Å²) in [5.74, 6) is -2.16. The molecular weight excluding hydrogens is 397 g/mol. The Balaban J connectivity index is 1.51. The second-order valence-electron chi connectivity index (χ2n) is 6.82. The molecule has 0 fully saturated rings. The Hall–Kier alpha value is -2.93. The van der Waals surface area contributed by atoms with Crippen molar-refractivity contribution in [2.24, 2.45) is 0 Å². The number of aliphatic carboxylic acids is 1. The van der Waals surface area contributed by atoms with Crippen LogP contribution in [0, 0.1) is 5.82 Å². The average Bonchev–Trinajstić information content (AvgIpc) is 3.07. The molecule has 0 aliphatic carbocycles. The van der Waals surface area contributed by atoms with Crippen LogP contribution in [0.1, 0.15) is 30.7 Å². The summed E-state index contributed by atoms with van der Waals surface area (Å²) < 4.78 is 14.9. The van der Waals surface area contributed by atoms with Crippen molar-refractivity contribution in [1.82, 2.24) is 15.1 Å². The van der Waals surface area contributed by atoms with Gasteiger partial charge in [0.1, 0.15) is 5.82 Å². The van der Waals surface area contributed by atoms with Crippen molar-refractivity contribution in [2.45, 2.75) is 31.7 Å². The number of carbonyl (C=O) groups is 2. The number of benzene rings is 2. The molecule has 1 atom stereocenters. The number of nitrogens with zero attached hydrogens (tertiary/aromatic N) is 2. The number of aryl methyl sites for hydroxylation is 1. The number of halogens is 2. The SMILES string of the molecule is O=C(O)CC(CC(=O)NCCCn1ncc2ccc(Cl)cc21)c1ccc(F)cc1. The highest BCUT2D eigenvalue weighted by Gasteiger charge is 2.19.